The van der Waals surface area contributed by atoms with Crippen molar-refractivity contribution in [3.05, 3.63) is 66.0 Å². The van der Waals surface area contributed by atoms with Crippen LogP contribution in [0.2, 0.25) is 0 Å². The highest BCUT2D eigenvalue weighted by Gasteiger charge is 2.15. The van der Waals surface area contributed by atoms with Crippen LogP contribution in [0.4, 0.5) is 0 Å². The van der Waals surface area contributed by atoms with Gasteiger partial charge < -0.3 is 0 Å². The molecule has 3 rings (SSSR count). The van der Waals surface area contributed by atoms with E-state index in [0.29, 0.717) is 6.04 Å². The van der Waals surface area contributed by atoms with Gasteiger partial charge in [-0.25, -0.2) is 0 Å². The van der Waals surface area contributed by atoms with Gasteiger partial charge in [0, 0.05) is 23.5 Å². The van der Waals surface area contributed by atoms with Crippen molar-refractivity contribution in [2.24, 2.45) is 4.99 Å². The zero-order valence-electron chi connectivity index (χ0n) is 11.7. The smallest absolute Gasteiger partial charge is 0.0737 e. The standard InChI is InChI=1S/C18H20N2/c1-3-8-15(9-4-1)18(16-10-7-13-19-14-16)20-17-11-5-2-6-12-17/h1,3-4,7-10,13-14,17H,2,5-6,11-12H2. The zero-order chi connectivity index (χ0) is 13.6. The van der Waals surface area contributed by atoms with Crippen LogP contribution in [-0.2, 0) is 0 Å². The third-order valence-corrected chi connectivity index (χ3v) is 3.87. The maximum absolute atomic E-state index is 5.05. The Labute approximate surface area is 120 Å². The van der Waals surface area contributed by atoms with Gasteiger partial charge in [0.25, 0.3) is 0 Å². The number of nitrogens with zero attached hydrogens (tertiary/aromatic N) is 2. The summed E-state index contributed by atoms with van der Waals surface area (Å²) in [7, 11) is 0. The van der Waals surface area contributed by atoms with Crippen LogP contribution in [-0.4, -0.2) is 16.7 Å². The molecule has 1 fully saturated rings. The molecule has 1 aliphatic carbocycles. The van der Waals surface area contributed by atoms with E-state index in [-0.39, 0.29) is 0 Å². The van der Waals surface area contributed by atoms with Crippen LogP contribution >= 0.6 is 0 Å². The lowest BCUT2D eigenvalue weighted by molar-refractivity contribution is 0.443. The highest BCUT2D eigenvalue weighted by atomic mass is 14.8. The molecule has 20 heavy (non-hydrogen) atoms. The Balaban J connectivity index is 1.97. The van der Waals surface area contributed by atoms with Crippen molar-refractivity contribution in [2.45, 2.75) is 38.1 Å². The van der Waals surface area contributed by atoms with Crippen molar-refractivity contribution in [1.29, 1.82) is 0 Å². The molecule has 1 aromatic heterocycles. The first-order chi connectivity index (χ1) is 9.93. The molecule has 0 unspecified atom stereocenters. The number of rotatable bonds is 3. The maximum atomic E-state index is 5.05. The van der Waals surface area contributed by atoms with Gasteiger partial charge in [0.05, 0.1) is 11.8 Å². The van der Waals surface area contributed by atoms with Crippen LogP contribution in [0.5, 0.6) is 0 Å². The molecule has 1 aromatic carbocycles. The third kappa shape index (κ3) is 3.13. The van der Waals surface area contributed by atoms with Crippen LogP contribution in [0.3, 0.4) is 0 Å². The molecule has 2 heteroatoms. The predicted octanol–water partition coefficient (Wildman–Crippen LogP) is 4.25. The van der Waals surface area contributed by atoms with Crippen molar-refractivity contribution in [1.82, 2.24) is 4.98 Å². The zero-order valence-corrected chi connectivity index (χ0v) is 11.7. The Kier molecular flexibility index (Phi) is 4.22. The monoisotopic (exact) mass is 264 g/mol. The average molecular weight is 264 g/mol. The Morgan fingerprint density at radius 3 is 2.35 bits per heavy atom. The molecule has 102 valence electrons. The summed E-state index contributed by atoms with van der Waals surface area (Å²) < 4.78 is 0. The molecule has 0 spiro atoms. The summed E-state index contributed by atoms with van der Waals surface area (Å²) in [5.74, 6) is 0. The number of pyridine rings is 1. The fourth-order valence-electron chi connectivity index (χ4n) is 2.81. The summed E-state index contributed by atoms with van der Waals surface area (Å²) in [6.07, 6.45) is 10.1. The Morgan fingerprint density at radius 1 is 0.900 bits per heavy atom. The molecule has 0 bridgehead atoms. The van der Waals surface area contributed by atoms with Crippen LogP contribution in [0.15, 0.2) is 59.9 Å². The maximum Gasteiger partial charge on any atom is 0.0737 e. The van der Waals surface area contributed by atoms with Crippen molar-refractivity contribution in [3.8, 4) is 0 Å². The van der Waals surface area contributed by atoms with E-state index in [0.717, 1.165) is 11.3 Å². The molecular formula is C18H20N2. The largest absolute Gasteiger partial charge is 0.281 e. The minimum Gasteiger partial charge on any atom is -0.281 e. The van der Waals surface area contributed by atoms with Gasteiger partial charge in [-0.2, -0.15) is 0 Å². The highest BCUT2D eigenvalue weighted by molar-refractivity contribution is 6.12. The third-order valence-electron chi connectivity index (χ3n) is 3.87. The summed E-state index contributed by atoms with van der Waals surface area (Å²) in [6.45, 7) is 0. The summed E-state index contributed by atoms with van der Waals surface area (Å²) in [5, 5.41) is 0. The molecule has 0 amide bonds. The van der Waals surface area contributed by atoms with Gasteiger partial charge in [0.15, 0.2) is 0 Å². The second kappa shape index (κ2) is 6.47. The van der Waals surface area contributed by atoms with Gasteiger partial charge in [0.2, 0.25) is 0 Å². The van der Waals surface area contributed by atoms with Crippen LogP contribution in [0.25, 0.3) is 0 Å². The van der Waals surface area contributed by atoms with Gasteiger partial charge in [-0.15, -0.1) is 0 Å². The first-order valence-corrected chi connectivity index (χ1v) is 7.47. The van der Waals surface area contributed by atoms with E-state index in [2.05, 4.69) is 35.3 Å². The molecule has 0 aliphatic heterocycles. The fourth-order valence-corrected chi connectivity index (χ4v) is 2.81. The molecule has 1 saturated carbocycles. The van der Waals surface area contributed by atoms with Crippen LogP contribution in [0.1, 0.15) is 43.2 Å². The Hall–Kier alpha value is -1.96. The lowest BCUT2D eigenvalue weighted by Gasteiger charge is -2.19. The quantitative estimate of drug-likeness (QED) is 0.761. The molecule has 0 saturated heterocycles. The fraction of sp³-hybridized carbons (Fsp3) is 0.333. The van der Waals surface area contributed by atoms with E-state index < -0.39 is 0 Å². The minimum absolute atomic E-state index is 0.471. The number of hydrogen-bond donors (Lipinski definition) is 0. The number of aromatic nitrogens is 1. The topological polar surface area (TPSA) is 25.2 Å². The van der Waals surface area contributed by atoms with E-state index in [1.807, 2.05) is 24.5 Å². The van der Waals surface area contributed by atoms with Crippen molar-refractivity contribution >= 4 is 5.71 Å². The molecule has 0 N–H and O–H groups in total. The Bertz CT molecular complexity index is 513. The summed E-state index contributed by atoms with van der Waals surface area (Å²) in [5.41, 5.74) is 3.39. The van der Waals surface area contributed by atoms with Gasteiger partial charge >= 0.3 is 0 Å². The van der Waals surface area contributed by atoms with E-state index in [1.165, 1.54) is 37.7 Å². The lowest BCUT2D eigenvalue weighted by atomic mass is 9.95. The Morgan fingerprint density at radius 2 is 1.65 bits per heavy atom. The van der Waals surface area contributed by atoms with Crippen molar-refractivity contribution < 1.29 is 0 Å². The number of aliphatic imine (C=N–C) groups is 1. The van der Waals surface area contributed by atoms with E-state index in [1.54, 1.807) is 0 Å². The summed E-state index contributed by atoms with van der Waals surface area (Å²) in [4.78, 5) is 9.30. The van der Waals surface area contributed by atoms with Gasteiger partial charge in [0.1, 0.15) is 0 Å². The predicted molar refractivity (Wildman–Crippen MR) is 83.2 cm³/mol. The van der Waals surface area contributed by atoms with Crippen LogP contribution in [0, 0.1) is 0 Å². The lowest BCUT2D eigenvalue weighted by Crippen LogP contribution is -2.14. The van der Waals surface area contributed by atoms with Gasteiger partial charge in [-0.1, -0.05) is 49.6 Å². The van der Waals surface area contributed by atoms with E-state index in [9.17, 15) is 0 Å². The molecule has 2 aromatic rings. The van der Waals surface area contributed by atoms with Crippen molar-refractivity contribution in [3.63, 3.8) is 0 Å². The molecular weight excluding hydrogens is 244 g/mol. The van der Waals surface area contributed by atoms with E-state index >= 15 is 0 Å². The summed E-state index contributed by atoms with van der Waals surface area (Å²) in [6, 6.07) is 15.0. The van der Waals surface area contributed by atoms with E-state index in [4.69, 9.17) is 4.99 Å². The minimum atomic E-state index is 0.471. The number of hydrogen-bond acceptors (Lipinski definition) is 2. The van der Waals surface area contributed by atoms with Crippen molar-refractivity contribution in [2.75, 3.05) is 0 Å². The van der Waals surface area contributed by atoms with Gasteiger partial charge in [-0.3, -0.25) is 9.98 Å². The molecule has 1 heterocycles. The SMILES string of the molecule is c1ccc(C(=NC2CCCCC2)c2cccnc2)cc1. The molecule has 0 atom stereocenters. The second-order valence-corrected chi connectivity index (χ2v) is 5.38. The summed E-state index contributed by atoms with van der Waals surface area (Å²) >= 11 is 0. The van der Waals surface area contributed by atoms with Gasteiger partial charge in [-0.05, 0) is 25.0 Å². The average Bonchev–Trinajstić information content (AvgIpc) is 2.55. The number of benzene rings is 1. The molecule has 0 radical (unpaired) electrons. The normalized spacial score (nSPS) is 17.1. The molecule has 2 nitrogen and oxygen atoms in total. The highest BCUT2D eigenvalue weighted by Crippen LogP contribution is 2.22. The molecule has 1 aliphatic rings. The first-order valence-electron chi connectivity index (χ1n) is 7.47. The van der Waals surface area contributed by atoms with Crippen LogP contribution < -0.4 is 0 Å². The second-order valence-electron chi connectivity index (χ2n) is 5.38. The first kappa shape index (κ1) is 13.0.